The lowest BCUT2D eigenvalue weighted by molar-refractivity contribution is -0.120. The molecular formula is C10H14N2O3. The first kappa shape index (κ1) is 11.3. The Hall–Kier alpha value is -1.78. The van der Waals surface area contributed by atoms with E-state index in [0.29, 0.717) is 19.4 Å². The smallest absolute Gasteiger partial charge is 0.352 e. The quantitative estimate of drug-likeness (QED) is 0.752. The minimum absolute atomic E-state index is 0.0287. The second-order valence-corrected chi connectivity index (χ2v) is 3.17. The number of carbonyl (C=O) groups excluding carboxylic acids is 1. The minimum Gasteiger partial charge on any atom is -0.477 e. The molecule has 0 atom stereocenters. The van der Waals surface area contributed by atoms with E-state index in [1.807, 2.05) is 0 Å². The van der Waals surface area contributed by atoms with Crippen molar-refractivity contribution in [3.8, 4) is 0 Å². The van der Waals surface area contributed by atoms with Gasteiger partial charge in [-0.3, -0.25) is 4.79 Å². The van der Waals surface area contributed by atoms with Crippen molar-refractivity contribution in [2.24, 2.45) is 0 Å². The Kier molecular flexibility index (Phi) is 3.91. The first-order valence-electron chi connectivity index (χ1n) is 4.74. The first-order chi connectivity index (χ1) is 7.15. The fourth-order valence-electron chi connectivity index (χ4n) is 1.34. The van der Waals surface area contributed by atoms with Crippen LogP contribution in [-0.2, 0) is 11.3 Å². The lowest BCUT2D eigenvalue weighted by atomic mass is 10.3. The molecule has 1 amide bonds. The number of aromatic carboxylic acids is 1. The van der Waals surface area contributed by atoms with Gasteiger partial charge in [0.25, 0.3) is 0 Å². The second kappa shape index (κ2) is 5.19. The van der Waals surface area contributed by atoms with Crippen LogP contribution in [0.25, 0.3) is 0 Å². The van der Waals surface area contributed by atoms with Crippen LogP contribution in [0, 0.1) is 0 Å². The van der Waals surface area contributed by atoms with Crippen molar-refractivity contribution in [3.63, 3.8) is 0 Å². The lowest BCUT2D eigenvalue weighted by Gasteiger charge is -2.05. The molecular weight excluding hydrogens is 196 g/mol. The van der Waals surface area contributed by atoms with Crippen LogP contribution < -0.4 is 5.32 Å². The van der Waals surface area contributed by atoms with E-state index in [4.69, 9.17) is 5.11 Å². The number of rotatable bonds is 5. The number of carbonyl (C=O) groups is 2. The van der Waals surface area contributed by atoms with E-state index < -0.39 is 5.97 Å². The maximum Gasteiger partial charge on any atom is 0.352 e. The molecule has 0 spiro atoms. The molecule has 5 nitrogen and oxygen atoms in total. The second-order valence-electron chi connectivity index (χ2n) is 3.17. The number of hydrogen-bond donors (Lipinski definition) is 2. The molecule has 82 valence electrons. The van der Waals surface area contributed by atoms with Crippen molar-refractivity contribution in [1.82, 2.24) is 9.88 Å². The number of carboxylic acids is 1. The molecule has 0 aliphatic heterocycles. The predicted molar refractivity (Wildman–Crippen MR) is 54.7 cm³/mol. The largest absolute Gasteiger partial charge is 0.477 e. The monoisotopic (exact) mass is 210 g/mol. The van der Waals surface area contributed by atoms with Crippen molar-refractivity contribution in [3.05, 3.63) is 24.0 Å². The number of aromatic nitrogens is 1. The molecule has 5 heteroatoms. The molecule has 0 radical (unpaired) electrons. The van der Waals surface area contributed by atoms with E-state index in [-0.39, 0.29) is 11.6 Å². The molecule has 0 fully saturated rings. The minimum atomic E-state index is -0.944. The molecule has 0 aliphatic rings. The Morgan fingerprint density at radius 2 is 2.27 bits per heavy atom. The van der Waals surface area contributed by atoms with Crippen molar-refractivity contribution >= 4 is 11.9 Å². The Bertz CT molecular complexity index is 357. The lowest BCUT2D eigenvalue weighted by Crippen LogP contribution is -2.18. The number of nitrogens with one attached hydrogen (secondary N) is 1. The van der Waals surface area contributed by atoms with Gasteiger partial charge < -0.3 is 15.0 Å². The van der Waals surface area contributed by atoms with Crippen LogP contribution in [0.2, 0.25) is 0 Å². The summed E-state index contributed by atoms with van der Waals surface area (Å²) in [5.41, 5.74) is 0.256. The molecule has 15 heavy (non-hydrogen) atoms. The van der Waals surface area contributed by atoms with Gasteiger partial charge in [-0.1, -0.05) is 0 Å². The summed E-state index contributed by atoms with van der Waals surface area (Å²) < 4.78 is 1.63. The summed E-state index contributed by atoms with van der Waals surface area (Å²) in [7, 11) is 1.58. The standard InChI is InChI=1S/C10H14N2O3/c1-11-9(13)5-3-7-12-6-2-4-8(12)10(14)15/h2,4,6H,3,5,7H2,1H3,(H,11,13)(H,14,15). The van der Waals surface area contributed by atoms with E-state index >= 15 is 0 Å². The molecule has 0 saturated carbocycles. The van der Waals surface area contributed by atoms with Crippen LogP contribution in [0.4, 0.5) is 0 Å². The number of carboxylic acid groups (broad SMARTS) is 1. The van der Waals surface area contributed by atoms with E-state index in [1.165, 1.54) is 0 Å². The first-order valence-corrected chi connectivity index (χ1v) is 4.74. The zero-order valence-electron chi connectivity index (χ0n) is 8.56. The Morgan fingerprint density at radius 1 is 1.53 bits per heavy atom. The van der Waals surface area contributed by atoms with Gasteiger partial charge in [-0.25, -0.2) is 4.79 Å². The van der Waals surface area contributed by atoms with E-state index in [2.05, 4.69) is 5.32 Å². The normalized spacial score (nSPS) is 9.93. The van der Waals surface area contributed by atoms with Gasteiger partial charge in [0.15, 0.2) is 0 Å². The molecule has 1 rings (SSSR count). The summed E-state index contributed by atoms with van der Waals surface area (Å²) in [6.45, 7) is 0.544. The number of amides is 1. The van der Waals surface area contributed by atoms with Gasteiger partial charge in [-0.15, -0.1) is 0 Å². The third-order valence-corrected chi connectivity index (χ3v) is 2.13. The molecule has 0 saturated heterocycles. The summed E-state index contributed by atoms with van der Waals surface area (Å²) in [5, 5.41) is 11.3. The topological polar surface area (TPSA) is 71.3 Å². The van der Waals surface area contributed by atoms with Gasteiger partial charge in [0, 0.05) is 26.2 Å². The molecule has 2 N–H and O–H groups in total. The molecule has 0 bridgehead atoms. The molecule has 1 heterocycles. The zero-order valence-corrected chi connectivity index (χ0v) is 8.56. The Morgan fingerprint density at radius 3 is 2.87 bits per heavy atom. The van der Waals surface area contributed by atoms with Gasteiger partial charge in [0.2, 0.25) is 5.91 Å². The highest BCUT2D eigenvalue weighted by molar-refractivity contribution is 5.85. The van der Waals surface area contributed by atoms with Crippen LogP contribution >= 0.6 is 0 Å². The highest BCUT2D eigenvalue weighted by atomic mass is 16.4. The summed E-state index contributed by atoms with van der Waals surface area (Å²) in [5.74, 6) is -0.973. The molecule has 1 aromatic heterocycles. The summed E-state index contributed by atoms with van der Waals surface area (Å²) in [6.07, 6.45) is 2.75. The number of aryl methyl sites for hydroxylation is 1. The Balaban J connectivity index is 2.47. The highest BCUT2D eigenvalue weighted by Crippen LogP contribution is 2.04. The maximum atomic E-state index is 10.9. The van der Waals surface area contributed by atoms with Crippen LogP contribution in [0.5, 0.6) is 0 Å². The summed E-state index contributed by atoms with van der Waals surface area (Å²) in [6, 6.07) is 3.23. The van der Waals surface area contributed by atoms with Crippen molar-refractivity contribution in [2.45, 2.75) is 19.4 Å². The fourth-order valence-corrected chi connectivity index (χ4v) is 1.34. The number of nitrogens with zero attached hydrogens (tertiary/aromatic N) is 1. The fraction of sp³-hybridized carbons (Fsp3) is 0.400. The maximum absolute atomic E-state index is 10.9. The van der Waals surface area contributed by atoms with Gasteiger partial charge in [0.05, 0.1) is 0 Å². The van der Waals surface area contributed by atoms with E-state index in [1.54, 1.807) is 29.9 Å². The van der Waals surface area contributed by atoms with Crippen molar-refractivity contribution in [2.75, 3.05) is 7.05 Å². The highest BCUT2D eigenvalue weighted by Gasteiger charge is 2.08. The van der Waals surface area contributed by atoms with Crippen molar-refractivity contribution in [1.29, 1.82) is 0 Å². The van der Waals surface area contributed by atoms with Gasteiger partial charge in [-0.2, -0.15) is 0 Å². The van der Waals surface area contributed by atoms with E-state index in [0.717, 1.165) is 0 Å². The van der Waals surface area contributed by atoms with E-state index in [9.17, 15) is 9.59 Å². The SMILES string of the molecule is CNC(=O)CCCn1cccc1C(=O)O. The summed E-state index contributed by atoms with van der Waals surface area (Å²) in [4.78, 5) is 21.7. The predicted octanol–water partition coefficient (Wildman–Crippen LogP) is 0.712. The van der Waals surface area contributed by atoms with Crippen molar-refractivity contribution < 1.29 is 14.7 Å². The summed E-state index contributed by atoms with van der Waals surface area (Å²) >= 11 is 0. The zero-order chi connectivity index (χ0) is 11.3. The molecule has 0 aromatic carbocycles. The third-order valence-electron chi connectivity index (χ3n) is 2.13. The molecule has 0 aliphatic carbocycles. The Labute approximate surface area is 87.7 Å². The van der Waals surface area contributed by atoms with Gasteiger partial charge >= 0.3 is 5.97 Å². The van der Waals surface area contributed by atoms with Gasteiger partial charge in [-0.05, 0) is 18.6 Å². The molecule has 1 aromatic rings. The average molecular weight is 210 g/mol. The van der Waals surface area contributed by atoms with Crippen LogP contribution in [0.3, 0.4) is 0 Å². The van der Waals surface area contributed by atoms with Crippen LogP contribution in [0.15, 0.2) is 18.3 Å². The average Bonchev–Trinajstić information content (AvgIpc) is 2.65. The van der Waals surface area contributed by atoms with Gasteiger partial charge in [0.1, 0.15) is 5.69 Å². The number of hydrogen-bond acceptors (Lipinski definition) is 2. The van der Waals surface area contributed by atoms with Crippen LogP contribution in [-0.4, -0.2) is 28.6 Å². The third kappa shape index (κ3) is 3.12. The van der Waals surface area contributed by atoms with Crippen LogP contribution in [0.1, 0.15) is 23.3 Å². The molecule has 0 unspecified atom stereocenters.